The normalized spacial score (nSPS) is 19.9. The van der Waals surface area contributed by atoms with Crippen LogP contribution in [-0.4, -0.2) is 81.7 Å². The number of nitrogens with two attached hydrogens (primary N) is 1. The van der Waals surface area contributed by atoms with E-state index in [1.165, 1.54) is 16.2 Å². The van der Waals surface area contributed by atoms with Gasteiger partial charge < -0.3 is 40.8 Å². The highest BCUT2D eigenvalue weighted by atomic mass is 32.1. The van der Waals surface area contributed by atoms with Crippen molar-refractivity contribution >= 4 is 51.2 Å². The second-order valence-electron chi connectivity index (χ2n) is 14.8. The number of carbonyl (C=O) groups excluding carboxylic acids is 3. The lowest BCUT2D eigenvalue weighted by molar-refractivity contribution is -0.139. The Kier molecular flexibility index (Phi) is 14.7. The van der Waals surface area contributed by atoms with Gasteiger partial charge >= 0.3 is 12.1 Å². The average Bonchev–Trinajstić information content (AvgIpc) is 3.52. The van der Waals surface area contributed by atoms with Gasteiger partial charge in [-0.3, -0.25) is 19.2 Å². The maximum atomic E-state index is 13.2. The van der Waals surface area contributed by atoms with Crippen LogP contribution >= 0.6 is 11.3 Å². The van der Waals surface area contributed by atoms with Crippen molar-refractivity contribution in [3.8, 4) is 17.1 Å². The van der Waals surface area contributed by atoms with Gasteiger partial charge in [0.25, 0.3) is 0 Å². The molecule has 3 fully saturated rings. The van der Waals surface area contributed by atoms with Crippen molar-refractivity contribution in [1.29, 1.82) is 0 Å². The number of benzene rings is 1. The maximum Gasteiger partial charge on any atom is 0.408 e. The fourth-order valence-electron chi connectivity index (χ4n) is 7.09. The topological polar surface area (TPSA) is 206 Å². The maximum absolute atomic E-state index is 13.2. The molecule has 2 saturated carbocycles. The minimum atomic E-state index is -0.739. The molecule has 2 aliphatic carbocycles. The zero-order chi connectivity index (χ0) is 39.5. The van der Waals surface area contributed by atoms with E-state index in [1.54, 1.807) is 25.3 Å². The van der Waals surface area contributed by atoms with Crippen molar-refractivity contribution < 1.29 is 33.8 Å². The minimum Gasteiger partial charge on any atom is -0.497 e. The standard InChI is InChI=1S/C24H37N3O6.C16H17N3O2S/c25-21(28)20-13-8-14-27(20)22(29)19(26-24(32)33-17-10-6-7-11-17)12-5-3-1-2-4-9-16-15-18(16)23(30)31;1-9(2)17-16-19-14(8-22-16)13-7-15(20)11-5-4-10(21-3)6-12(11)18-13/h4,9,16-20H,1-3,5-8,10-15H2,(H2,25,28)(H,26,32)(H,30,31);4-9H,1-3H3,(H,17,19)(H,18,20)/b9-4-;. The van der Waals surface area contributed by atoms with Gasteiger partial charge in [0.1, 0.15) is 23.9 Å². The molecular weight excluding hydrogens is 725 g/mol. The van der Waals surface area contributed by atoms with E-state index in [9.17, 15) is 24.0 Å². The molecule has 3 heterocycles. The first-order valence-corrected chi connectivity index (χ1v) is 20.2. The highest BCUT2D eigenvalue weighted by Gasteiger charge is 2.41. The fourth-order valence-corrected chi connectivity index (χ4v) is 7.95. The first kappa shape index (κ1) is 41.2. The number of carbonyl (C=O) groups is 4. The predicted molar refractivity (Wildman–Crippen MR) is 212 cm³/mol. The molecule has 298 valence electrons. The molecule has 0 spiro atoms. The van der Waals surface area contributed by atoms with Crippen LogP contribution in [0.1, 0.15) is 90.9 Å². The summed E-state index contributed by atoms with van der Waals surface area (Å²) in [5.74, 6) is -0.860. The van der Waals surface area contributed by atoms with E-state index in [0.29, 0.717) is 48.7 Å². The third kappa shape index (κ3) is 11.8. The number of unbranched alkanes of at least 4 members (excludes halogenated alkanes) is 3. The van der Waals surface area contributed by atoms with Crippen molar-refractivity contribution in [2.45, 2.75) is 115 Å². The van der Waals surface area contributed by atoms with Crippen LogP contribution in [0.15, 0.2) is 46.6 Å². The number of fused-ring (bicyclic) bond motifs is 1. The minimum absolute atomic E-state index is 0.0298. The van der Waals surface area contributed by atoms with Gasteiger partial charge in [-0.25, -0.2) is 9.78 Å². The van der Waals surface area contributed by atoms with Crippen molar-refractivity contribution in [1.82, 2.24) is 20.2 Å². The van der Waals surface area contributed by atoms with E-state index >= 15 is 0 Å². The second-order valence-corrected chi connectivity index (χ2v) is 15.7. The number of rotatable bonds is 16. The third-order valence-electron chi connectivity index (χ3n) is 10.2. The SMILES string of the molecule is COc1ccc2c(=O)cc(-c3csc(NC(C)C)n3)[nH]c2c1.NC(=O)C1CCCN1C(=O)C(CCCCC/C=C\C1CC1C(=O)O)NC(=O)OC1CCCC1. The summed E-state index contributed by atoms with van der Waals surface area (Å²) < 4.78 is 10.7. The van der Waals surface area contributed by atoms with Crippen LogP contribution in [0.2, 0.25) is 0 Å². The molecule has 1 aromatic carbocycles. The number of thiazole rings is 1. The van der Waals surface area contributed by atoms with Crippen LogP contribution in [-0.2, 0) is 19.1 Å². The number of hydrogen-bond donors (Lipinski definition) is 5. The summed E-state index contributed by atoms with van der Waals surface area (Å²) in [7, 11) is 1.60. The zero-order valence-electron chi connectivity index (χ0n) is 31.9. The van der Waals surface area contributed by atoms with Crippen LogP contribution in [0.25, 0.3) is 22.3 Å². The Morgan fingerprint density at radius 2 is 1.89 bits per heavy atom. The van der Waals surface area contributed by atoms with Gasteiger partial charge in [-0.1, -0.05) is 25.0 Å². The van der Waals surface area contributed by atoms with Gasteiger partial charge in [0, 0.05) is 35.5 Å². The molecule has 4 unspecified atom stereocenters. The molecule has 4 atom stereocenters. The number of H-pyrrole nitrogens is 1. The number of primary amides is 1. The number of alkyl carbamates (subject to hydrolysis) is 1. The number of hydrogen-bond acceptors (Lipinski definition) is 10. The van der Waals surface area contributed by atoms with Crippen LogP contribution in [0, 0.1) is 11.8 Å². The molecule has 0 bridgehead atoms. The number of likely N-dealkylation sites (tertiary alicyclic amines) is 1. The average molecular weight is 779 g/mol. The number of carboxylic acid groups (broad SMARTS) is 1. The summed E-state index contributed by atoms with van der Waals surface area (Å²) in [6, 6.07) is 5.92. The predicted octanol–water partition coefficient (Wildman–Crippen LogP) is 6.21. The molecule has 6 N–H and O–H groups in total. The number of anilines is 1. The van der Waals surface area contributed by atoms with Crippen LogP contribution < -0.4 is 26.5 Å². The summed E-state index contributed by atoms with van der Waals surface area (Å²) in [6.07, 6.45) is 13.0. The Balaban J connectivity index is 0.000000228. The molecular formula is C40H54N6O8S. The summed E-state index contributed by atoms with van der Waals surface area (Å²) in [5, 5.41) is 18.4. The Bertz CT molecular complexity index is 1890. The lowest BCUT2D eigenvalue weighted by Gasteiger charge is -2.28. The molecule has 3 amide bonds. The number of aliphatic carboxylic acids is 1. The van der Waals surface area contributed by atoms with Gasteiger partial charge in [-0.05, 0) is 96.1 Å². The smallest absolute Gasteiger partial charge is 0.408 e. The van der Waals surface area contributed by atoms with E-state index in [-0.39, 0.29) is 29.3 Å². The Hall–Kier alpha value is -4.92. The Morgan fingerprint density at radius 3 is 2.58 bits per heavy atom. The van der Waals surface area contributed by atoms with Crippen molar-refractivity contribution in [3.05, 3.63) is 52.0 Å². The highest BCUT2D eigenvalue weighted by Crippen LogP contribution is 2.39. The first-order chi connectivity index (χ1) is 26.4. The Labute approximate surface area is 325 Å². The summed E-state index contributed by atoms with van der Waals surface area (Å²) in [5.41, 5.74) is 7.65. The van der Waals surface area contributed by atoms with Crippen LogP contribution in [0.5, 0.6) is 5.75 Å². The molecule has 0 radical (unpaired) electrons. The quantitative estimate of drug-likeness (QED) is 0.0821. The van der Waals surface area contributed by atoms with Crippen LogP contribution in [0.4, 0.5) is 9.93 Å². The fraction of sp³-hybridized carbons (Fsp3) is 0.550. The number of pyridine rings is 1. The van der Waals surface area contributed by atoms with Crippen LogP contribution in [0.3, 0.4) is 0 Å². The third-order valence-corrected chi connectivity index (χ3v) is 10.9. The number of amides is 3. The molecule has 55 heavy (non-hydrogen) atoms. The molecule has 15 heteroatoms. The molecule has 1 saturated heterocycles. The van der Waals surface area contributed by atoms with Gasteiger partial charge in [0.2, 0.25) is 11.8 Å². The molecule has 2 aromatic heterocycles. The van der Waals surface area contributed by atoms with Gasteiger partial charge in [-0.2, -0.15) is 0 Å². The molecule has 1 aliphatic heterocycles. The number of methoxy groups -OCH3 is 1. The van der Waals surface area contributed by atoms with Gasteiger partial charge in [-0.15, -0.1) is 11.3 Å². The molecule has 3 aromatic rings. The summed E-state index contributed by atoms with van der Waals surface area (Å²) in [4.78, 5) is 69.7. The van der Waals surface area contributed by atoms with E-state index < -0.39 is 30.1 Å². The van der Waals surface area contributed by atoms with E-state index in [0.717, 1.165) is 74.1 Å². The Morgan fingerprint density at radius 1 is 1.11 bits per heavy atom. The second kappa shape index (κ2) is 19.6. The first-order valence-electron chi connectivity index (χ1n) is 19.3. The van der Waals surface area contributed by atoms with E-state index in [1.807, 2.05) is 23.6 Å². The van der Waals surface area contributed by atoms with Gasteiger partial charge in [0.15, 0.2) is 10.6 Å². The number of nitrogens with zero attached hydrogens (tertiary/aromatic N) is 2. The van der Waals surface area contributed by atoms with E-state index in [4.69, 9.17) is 20.3 Å². The van der Waals surface area contributed by atoms with Crippen molar-refractivity contribution in [3.63, 3.8) is 0 Å². The lowest BCUT2D eigenvalue weighted by Crippen LogP contribution is -2.53. The zero-order valence-corrected chi connectivity index (χ0v) is 32.7. The molecule has 3 aliphatic rings. The number of aromatic amines is 1. The number of carboxylic acids is 1. The summed E-state index contributed by atoms with van der Waals surface area (Å²) >= 11 is 1.52. The number of ether oxygens (including phenoxy) is 2. The number of nitrogens with one attached hydrogen (secondary N) is 3. The summed E-state index contributed by atoms with van der Waals surface area (Å²) in [6.45, 7) is 4.59. The highest BCUT2D eigenvalue weighted by molar-refractivity contribution is 7.14. The van der Waals surface area contributed by atoms with Gasteiger partial charge in [0.05, 0.1) is 29.9 Å². The van der Waals surface area contributed by atoms with E-state index in [2.05, 4.69) is 34.4 Å². The number of aromatic nitrogens is 2. The monoisotopic (exact) mass is 778 g/mol. The number of allylic oxidation sites excluding steroid dienone is 2. The lowest BCUT2D eigenvalue weighted by atomic mass is 10.0. The molecule has 14 nitrogen and oxygen atoms in total. The van der Waals surface area contributed by atoms with Crippen molar-refractivity contribution in [2.24, 2.45) is 17.6 Å². The largest absolute Gasteiger partial charge is 0.497 e. The molecule has 6 rings (SSSR count). The van der Waals surface area contributed by atoms with Crippen molar-refractivity contribution in [2.75, 3.05) is 19.0 Å².